The van der Waals surface area contributed by atoms with Gasteiger partial charge in [0.25, 0.3) is 0 Å². The van der Waals surface area contributed by atoms with Crippen LogP contribution in [-0.2, 0) is 19.6 Å². The van der Waals surface area contributed by atoms with Crippen molar-refractivity contribution in [1.29, 1.82) is 0 Å². The Labute approximate surface area is 173 Å². The lowest BCUT2D eigenvalue weighted by atomic mass is 10.00. The average Bonchev–Trinajstić information content (AvgIpc) is 2.59. The number of ether oxygens (including phenoxy) is 1. The Kier molecular flexibility index (Phi) is 7.50. The number of rotatable bonds is 7. The highest BCUT2D eigenvalue weighted by molar-refractivity contribution is 7.89. The van der Waals surface area contributed by atoms with Gasteiger partial charge in [0.2, 0.25) is 15.9 Å². The Bertz CT molecular complexity index is 773. The topological polar surface area (TPSA) is 79.0 Å². The molecule has 1 heterocycles. The van der Waals surface area contributed by atoms with Gasteiger partial charge in [-0.3, -0.25) is 9.69 Å². The van der Waals surface area contributed by atoms with Crippen molar-refractivity contribution in [2.24, 2.45) is 0 Å². The number of nitrogens with zero attached hydrogens (tertiary/aromatic N) is 2. The van der Waals surface area contributed by atoms with Crippen LogP contribution in [0.3, 0.4) is 0 Å². The first-order chi connectivity index (χ1) is 12.9. The lowest BCUT2D eigenvalue weighted by Gasteiger charge is -2.45. The summed E-state index contributed by atoms with van der Waals surface area (Å²) >= 11 is 5.81. The molecule has 9 heteroatoms. The molecule has 1 N–H and O–H groups in total. The molecule has 1 saturated heterocycles. The van der Waals surface area contributed by atoms with Crippen LogP contribution in [0.4, 0.5) is 0 Å². The molecule has 1 aromatic carbocycles. The van der Waals surface area contributed by atoms with E-state index in [0.717, 1.165) is 17.4 Å². The van der Waals surface area contributed by atoms with Gasteiger partial charge in [0.05, 0.1) is 23.6 Å². The number of benzene rings is 1. The fraction of sp³-hybridized carbons (Fsp3) is 0.632. The van der Waals surface area contributed by atoms with Crippen LogP contribution in [0.5, 0.6) is 0 Å². The molecule has 158 valence electrons. The van der Waals surface area contributed by atoms with Gasteiger partial charge in [0.15, 0.2) is 0 Å². The summed E-state index contributed by atoms with van der Waals surface area (Å²) in [5.74, 6) is -0.345. The van der Waals surface area contributed by atoms with Crippen LogP contribution in [0, 0.1) is 0 Å². The van der Waals surface area contributed by atoms with Crippen molar-refractivity contribution in [2.45, 2.75) is 50.3 Å². The van der Waals surface area contributed by atoms with Crippen molar-refractivity contribution in [2.75, 3.05) is 33.2 Å². The second-order valence-electron chi connectivity index (χ2n) is 7.97. The molecular weight excluding hydrogens is 402 g/mol. The molecule has 7 nitrogen and oxygen atoms in total. The highest BCUT2D eigenvalue weighted by atomic mass is 35.5. The maximum atomic E-state index is 12.6. The van der Waals surface area contributed by atoms with Crippen LogP contribution in [0.15, 0.2) is 29.2 Å². The van der Waals surface area contributed by atoms with Crippen LogP contribution < -0.4 is 5.32 Å². The van der Waals surface area contributed by atoms with Gasteiger partial charge >= 0.3 is 0 Å². The summed E-state index contributed by atoms with van der Waals surface area (Å²) in [6.07, 6.45) is 0.267. The van der Waals surface area contributed by atoms with Gasteiger partial charge < -0.3 is 10.1 Å². The number of hydrogen-bond acceptors (Lipinski definition) is 5. The van der Waals surface area contributed by atoms with E-state index in [1.54, 1.807) is 0 Å². The summed E-state index contributed by atoms with van der Waals surface area (Å²) in [5, 5.41) is 3.32. The van der Waals surface area contributed by atoms with E-state index in [1.165, 1.54) is 31.3 Å². The maximum Gasteiger partial charge on any atom is 0.243 e. The van der Waals surface area contributed by atoms with E-state index in [0.29, 0.717) is 11.6 Å². The zero-order valence-corrected chi connectivity index (χ0v) is 18.7. The summed E-state index contributed by atoms with van der Waals surface area (Å²) < 4.78 is 32.0. The van der Waals surface area contributed by atoms with E-state index >= 15 is 0 Å². The van der Waals surface area contributed by atoms with E-state index in [2.05, 4.69) is 24.1 Å². The normalized spacial score (nSPS) is 21.7. The number of halogens is 1. The minimum atomic E-state index is -3.75. The molecule has 0 aliphatic carbocycles. The van der Waals surface area contributed by atoms with Crippen molar-refractivity contribution >= 4 is 27.5 Å². The molecule has 0 saturated carbocycles. The fourth-order valence-corrected chi connectivity index (χ4v) is 4.48. The standard InChI is InChI=1S/C19H30ClN3O4S/c1-14-10-23(11-15(2)27-14)19(3,4)13-21-18(24)12-22(5)28(25,26)17-8-6-16(20)7-9-17/h6-9,14-15H,10-13H2,1-5H3,(H,21,24). The number of sulfonamides is 1. The van der Waals surface area contributed by atoms with Crippen LogP contribution in [0.25, 0.3) is 0 Å². The first kappa shape index (κ1) is 23.1. The predicted octanol–water partition coefficient (Wildman–Crippen LogP) is 1.96. The number of carbonyl (C=O) groups excluding carboxylic acids is 1. The molecule has 1 aromatic rings. The van der Waals surface area contributed by atoms with Crippen LogP contribution in [-0.4, -0.2) is 74.5 Å². The van der Waals surface area contributed by atoms with Gasteiger partial charge in [0.1, 0.15) is 0 Å². The third kappa shape index (κ3) is 5.90. The zero-order chi connectivity index (χ0) is 21.1. The first-order valence-electron chi connectivity index (χ1n) is 9.31. The van der Waals surface area contributed by atoms with Gasteiger partial charge in [-0.15, -0.1) is 0 Å². The zero-order valence-electron chi connectivity index (χ0n) is 17.1. The van der Waals surface area contributed by atoms with Crippen molar-refractivity contribution in [3.05, 3.63) is 29.3 Å². The van der Waals surface area contributed by atoms with Gasteiger partial charge in [-0.25, -0.2) is 8.42 Å². The molecule has 0 bridgehead atoms. The second kappa shape index (κ2) is 9.09. The third-order valence-electron chi connectivity index (χ3n) is 4.88. The Hall–Kier alpha value is -1.19. The smallest absolute Gasteiger partial charge is 0.243 e. The van der Waals surface area contributed by atoms with Crippen molar-refractivity contribution in [3.8, 4) is 0 Å². The molecule has 2 atom stereocenters. The van der Waals surface area contributed by atoms with E-state index in [1.807, 2.05) is 13.8 Å². The van der Waals surface area contributed by atoms with Gasteiger partial charge in [0, 0.05) is 37.2 Å². The molecule has 0 spiro atoms. The molecule has 28 heavy (non-hydrogen) atoms. The Morgan fingerprint density at radius 1 is 1.25 bits per heavy atom. The summed E-state index contributed by atoms with van der Waals surface area (Å²) in [6, 6.07) is 5.87. The minimum absolute atomic E-state index is 0.101. The monoisotopic (exact) mass is 431 g/mol. The summed E-state index contributed by atoms with van der Waals surface area (Å²) in [6.45, 7) is 9.94. The predicted molar refractivity (Wildman–Crippen MR) is 110 cm³/mol. The van der Waals surface area contributed by atoms with Crippen LogP contribution in [0.2, 0.25) is 5.02 Å². The number of nitrogens with one attached hydrogen (secondary N) is 1. The van der Waals surface area contributed by atoms with Crippen LogP contribution >= 0.6 is 11.6 Å². The van der Waals surface area contributed by atoms with Crippen molar-refractivity contribution in [1.82, 2.24) is 14.5 Å². The van der Waals surface area contributed by atoms with Gasteiger partial charge in [-0.05, 0) is 52.0 Å². The molecule has 2 rings (SSSR count). The van der Waals surface area contributed by atoms with Gasteiger partial charge in [-0.1, -0.05) is 11.6 Å². The SMILES string of the molecule is CC1CN(C(C)(C)CNC(=O)CN(C)S(=O)(=O)c2ccc(Cl)cc2)CC(C)O1. The van der Waals surface area contributed by atoms with Crippen molar-refractivity contribution < 1.29 is 17.9 Å². The molecule has 0 aromatic heterocycles. The molecule has 1 aliphatic heterocycles. The molecular formula is C19H30ClN3O4S. The third-order valence-corrected chi connectivity index (χ3v) is 6.95. The second-order valence-corrected chi connectivity index (χ2v) is 10.4. The summed E-state index contributed by atoms with van der Waals surface area (Å²) in [5.41, 5.74) is -0.268. The lowest BCUT2D eigenvalue weighted by molar-refractivity contribution is -0.123. The maximum absolute atomic E-state index is 12.6. The number of morpholine rings is 1. The molecule has 1 amide bonds. The number of likely N-dealkylation sites (N-methyl/N-ethyl adjacent to an activating group) is 1. The number of carbonyl (C=O) groups is 1. The quantitative estimate of drug-likeness (QED) is 0.714. The van der Waals surface area contributed by atoms with Crippen molar-refractivity contribution in [3.63, 3.8) is 0 Å². The van der Waals surface area contributed by atoms with E-state index in [4.69, 9.17) is 16.3 Å². The number of amides is 1. The van der Waals surface area contributed by atoms with E-state index < -0.39 is 10.0 Å². The van der Waals surface area contributed by atoms with Crippen LogP contribution in [0.1, 0.15) is 27.7 Å². The molecule has 0 radical (unpaired) electrons. The minimum Gasteiger partial charge on any atom is -0.373 e. The average molecular weight is 432 g/mol. The summed E-state index contributed by atoms with van der Waals surface area (Å²) in [4.78, 5) is 14.8. The Balaban J connectivity index is 1.93. The summed E-state index contributed by atoms with van der Waals surface area (Å²) in [7, 11) is -2.36. The molecule has 1 fully saturated rings. The highest BCUT2D eigenvalue weighted by Crippen LogP contribution is 2.21. The van der Waals surface area contributed by atoms with E-state index in [-0.39, 0.29) is 35.1 Å². The van der Waals surface area contributed by atoms with Gasteiger partial charge in [-0.2, -0.15) is 4.31 Å². The first-order valence-corrected chi connectivity index (χ1v) is 11.1. The Morgan fingerprint density at radius 3 is 2.32 bits per heavy atom. The molecule has 1 aliphatic rings. The lowest BCUT2D eigenvalue weighted by Crippen LogP contribution is -2.59. The Morgan fingerprint density at radius 2 is 1.79 bits per heavy atom. The molecule has 2 unspecified atom stereocenters. The largest absolute Gasteiger partial charge is 0.373 e. The highest BCUT2D eigenvalue weighted by Gasteiger charge is 2.33. The number of hydrogen-bond donors (Lipinski definition) is 1. The fourth-order valence-electron chi connectivity index (χ4n) is 3.23. The van der Waals surface area contributed by atoms with E-state index in [9.17, 15) is 13.2 Å².